The van der Waals surface area contributed by atoms with E-state index < -0.39 is 5.60 Å². The second-order valence-electron chi connectivity index (χ2n) is 7.59. The number of morpholine rings is 1. The molecule has 0 radical (unpaired) electrons. The van der Waals surface area contributed by atoms with Gasteiger partial charge in [-0.2, -0.15) is 0 Å². The Morgan fingerprint density at radius 1 is 1.08 bits per heavy atom. The van der Waals surface area contributed by atoms with Crippen LogP contribution in [-0.4, -0.2) is 37.9 Å². The first-order chi connectivity index (χ1) is 12.7. The molecule has 26 heavy (non-hydrogen) atoms. The highest BCUT2D eigenvalue weighted by atomic mass is 16.6. The van der Waals surface area contributed by atoms with Gasteiger partial charge in [-0.15, -0.1) is 0 Å². The first kappa shape index (κ1) is 17.4. The van der Waals surface area contributed by atoms with Gasteiger partial charge in [0.1, 0.15) is 0 Å². The molecule has 3 aliphatic rings. The van der Waals surface area contributed by atoms with Crippen LogP contribution in [0.15, 0.2) is 36.0 Å². The van der Waals surface area contributed by atoms with Crippen molar-refractivity contribution in [2.45, 2.75) is 50.7 Å². The molecule has 1 atom stereocenters. The third-order valence-corrected chi connectivity index (χ3v) is 5.85. The molecule has 2 fully saturated rings. The second-order valence-corrected chi connectivity index (χ2v) is 7.59. The summed E-state index contributed by atoms with van der Waals surface area (Å²) in [5.74, 6) is -0.204. The van der Waals surface area contributed by atoms with E-state index in [0.717, 1.165) is 57.7 Å². The molecule has 1 spiro atoms. The smallest absolute Gasteiger partial charge is 0.333 e. The van der Waals surface area contributed by atoms with Crippen molar-refractivity contribution in [2.24, 2.45) is 0 Å². The van der Waals surface area contributed by atoms with Crippen LogP contribution in [0.25, 0.3) is 0 Å². The van der Waals surface area contributed by atoms with E-state index in [2.05, 4.69) is 41.4 Å². The highest BCUT2D eigenvalue weighted by molar-refractivity contribution is 5.86. The molecule has 2 aliphatic heterocycles. The third kappa shape index (κ3) is 3.45. The fourth-order valence-electron chi connectivity index (χ4n) is 4.31. The summed E-state index contributed by atoms with van der Waals surface area (Å²) in [6.07, 6.45) is 6.99. The normalized spacial score (nSPS) is 23.5. The van der Waals surface area contributed by atoms with Gasteiger partial charge in [-0.3, -0.25) is 0 Å². The Bertz CT molecular complexity index is 671. The SMILES string of the molecule is C[C@@H](NC1=CC(=O)OC12CCCCC2)c1ccc(N2CCOCC2)cc1. The Labute approximate surface area is 155 Å². The molecule has 5 nitrogen and oxygen atoms in total. The van der Waals surface area contributed by atoms with E-state index in [4.69, 9.17) is 9.47 Å². The monoisotopic (exact) mass is 356 g/mol. The molecule has 1 aliphatic carbocycles. The maximum atomic E-state index is 11.9. The van der Waals surface area contributed by atoms with Gasteiger partial charge in [-0.05, 0) is 50.3 Å². The summed E-state index contributed by atoms with van der Waals surface area (Å²) >= 11 is 0. The van der Waals surface area contributed by atoms with Crippen molar-refractivity contribution in [1.82, 2.24) is 5.32 Å². The maximum absolute atomic E-state index is 11.9. The van der Waals surface area contributed by atoms with Gasteiger partial charge in [0.2, 0.25) is 0 Å². The van der Waals surface area contributed by atoms with E-state index in [1.165, 1.54) is 17.7 Å². The zero-order valence-corrected chi connectivity index (χ0v) is 15.5. The van der Waals surface area contributed by atoms with Crippen LogP contribution in [-0.2, 0) is 14.3 Å². The van der Waals surface area contributed by atoms with Crippen molar-refractivity contribution in [3.63, 3.8) is 0 Å². The molecule has 0 amide bonds. The fourth-order valence-corrected chi connectivity index (χ4v) is 4.31. The number of benzene rings is 1. The van der Waals surface area contributed by atoms with Crippen LogP contribution >= 0.6 is 0 Å². The van der Waals surface area contributed by atoms with Crippen LogP contribution in [0.1, 0.15) is 50.6 Å². The van der Waals surface area contributed by atoms with Gasteiger partial charge in [-0.25, -0.2) is 4.79 Å². The van der Waals surface area contributed by atoms with E-state index in [1.807, 2.05) is 0 Å². The average molecular weight is 356 g/mol. The van der Waals surface area contributed by atoms with Crippen LogP contribution < -0.4 is 10.2 Å². The Kier molecular flexibility index (Phi) is 4.90. The summed E-state index contributed by atoms with van der Waals surface area (Å²) in [5, 5.41) is 3.57. The summed E-state index contributed by atoms with van der Waals surface area (Å²) in [6, 6.07) is 8.84. The van der Waals surface area contributed by atoms with E-state index in [9.17, 15) is 4.79 Å². The number of hydrogen-bond acceptors (Lipinski definition) is 5. The zero-order chi connectivity index (χ0) is 18.0. The summed E-state index contributed by atoms with van der Waals surface area (Å²) in [7, 11) is 0. The van der Waals surface area contributed by atoms with Gasteiger partial charge in [0.15, 0.2) is 5.60 Å². The summed E-state index contributed by atoms with van der Waals surface area (Å²) < 4.78 is 11.1. The van der Waals surface area contributed by atoms with Crippen LogP contribution in [0.5, 0.6) is 0 Å². The molecule has 1 aromatic rings. The summed E-state index contributed by atoms with van der Waals surface area (Å²) in [6.45, 7) is 5.63. The zero-order valence-electron chi connectivity index (χ0n) is 15.5. The minimum Gasteiger partial charge on any atom is -0.449 e. The highest BCUT2D eigenvalue weighted by Gasteiger charge is 2.44. The van der Waals surface area contributed by atoms with E-state index in [0.29, 0.717) is 0 Å². The van der Waals surface area contributed by atoms with E-state index >= 15 is 0 Å². The van der Waals surface area contributed by atoms with Crippen LogP contribution in [0, 0.1) is 0 Å². The van der Waals surface area contributed by atoms with E-state index in [1.54, 1.807) is 6.08 Å². The van der Waals surface area contributed by atoms with Crippen molar-refractivity contribution in [3.05, 3.63) is 41.6 Å². The number of nitrogens with one attached hydrogen (secondary N) is 1. The van der Waals surface area contributed by atoms with Crippen LogP contribution in [0.2, 0.25) is 0 Å². The van der Waals surface area contributed by atoms with Crippen molar-refractivity contribution in [3.8, 4) is 0 Å². The molecule has 5 heteroatoms. The lowest BCUT2D eigenvalue weighted by molar-refractivity contribution is -0.148. The van der Waals surface area contributed by atoms with E-state index in [-0.39, 0.29) is 12.0 Å². The molecule has 1 aromatic carbocycles. The van der Waals surface area contributed by atoms with Gasteiger partial charge in [0.05, 0.1) is 18.9 Å². The van der Waals surface area contributed by atoms with Gasteiger partial charge in [0, 0.05) is 30.9 Å². The number of nitrogens with zero attached hydrogens (tertiary/aromatic N) is 1. The maximum Gasteiger partial charge on any atom is 0.333 e. The van der Waals surface area contributed by atoms with Gasteiger partial charge in [-0.1, -0.05) is 18.6 Å². The Hall–Kier alpha value is -2.01. The molecule has 0 bridgehead atoms. The first-order valence-electron chi connectivity index (χ1n) is 9.81. The number of ether oxygens (including phenoxy) is 2. The summed E-state index contributed by atoms with van der Waals surface area (Å²) in [4.78, 5) is 14.3. The van der Waals surface area contributed by atoms with Crippen molar-refractivity contribution in [1.29, 1.82) is 0 Å². The molecule has 1 saturated heterocycles. The molecule has 0 unspecified atom stereocenters. The van der Waals surface area contributed by atoms with Crippen molar-refractivity contribution >= 4 is 11.7 Å². The number of hydrogen-bond donors (Lipinski definition) is 1. The van der Waals surface area contributed by atoms with Crippen LogP contribution in [0.3, 0.4) is 0 Å². The standard InChI is InChI=1S/C21H28N2O3/c1-16(17-5-7-18(8-6-17)23-11-13-25-14-12-23)22-19-15-20(24)26-21(19)9-3-2-4-10-21/h5-8,15-16,22H,2-4,9-14H2,1H3/t16-/m1/s1. The molecule has 1 saturated carbocycles. The lowest BCUT2D eigenvalue weighted by atomic mass is 9.82. The first-order valence-corrected chi connectivity index (χ1v) is 9.81. The molecular formula is C21H28N2O3. The number of rotatable bonds is 4. The molecule has 4 rings (SSSR count). The largest absolute Gasteiger partial charge is 0.449 e. The van der Waals surface area contributed by atoms with Crippen LogP contribution in [0.4, 0.5) is 5.69 Å². The molecule has 2 heterocycles. The number of esters is 1. The lowest BCUT2D eigenvalue weighted by Gasteiger charge is -2.36. The van der Waals surface area contributed by atoms with Crippen molar-refractivity contribution in [2.75, 3.05) is 31.2 Å². The fraction of sp³-hybridized carbons (Fsp3) is 0.571. The Balaban J connectivity index is 1.44. The second kappa shape index (κ2) is 7.31. The number of anilines is 1. The van der Waals surface area contributed by atoms with Crippen molar-refractivity contribution < 1.29 is 14.3 Å². The topological polar surface area (TPSA) is 50.8 Å². The molecule has 1 N–H and O–H groups in total. The Morgan fingerprint density at radius 2 is 1.77 bits per heavy atom. The van der Waals surface area contributed by atoms with Gasteiger partial charge >= 0.3 is 5.97 Å². The minimum absolute atomic E-state index is 0.133. The molecule has 0 aromatic heterocycles. The predicted molar refractivity (Wildman–Crippen MR) is 101 cm³/mol. The third-order valence-electron chi connectivity index (χ3n) is 5.85. The predicted octanol–water partition coefficient (Wildman–Crippen LogP) is 3.32. The number of carbonyl (C=O) groups excluding carboxylic acids is 1. The Morgan fingerprint density at radius 3 is 2.46 bits per heavy atom. The lowest BCUT2D eigenvalue weighted by Crippen LogP contribution is -2.40. The average Bonchev–Trinajstić information content (AvgIpc) is 2.97. The minimum atomic E-state index is -0.405. The molecular weight excluding hydrogens is 328 g/mol. The number of carbonyl (C=O) groups is 1. The van der Waals surface area contributed by atoms with Gasteiger partial charge in [0.25, 0.3) is 0 Å². The molecule has 140 valence electrons. The van der Waals surface area contributed by atoms with Gasteiger partial charge < -0.3 is 19.7 Å². The quantitative estimate of drug-likeness (QED) is 0.839. The highest BCUT2D eigenvalue weighted by Crippen LogP contribution is 2.40. The summed E-state index contributed by atoms with van der Waals surface area (Å²) in [5.41, 5.74) is 3.02.